The molecule has 0 spiro atoms. The normalized spacial score (nSPS) is 11.0. The minimum atomic E-state index is -0.302. The molecule has 0 fully saturated rings. The van der Waals surface area contributed by atoms with Crippen molar-refractivity contribution >= 4 is 16.9 Å². The highest BCUT2D eigenvalue weighted by atomic mass is 16.5. The van der Waals surface area contributed by atoms with Crippen LogP contribution in [0.15, 0.2) is 79.1 Å². The molecule has 4 rings (SSSR count). The van der Waals surface area contributed by atoms with Crippen LogP contribution >= 0.6 is 0 Å². The average Bonchev–Trinajstić information content (AvgIpc) is 3.29. The predicted molar refractivity (Wildman–Crippen MR) is 103 cm³/mol. The molecule has 2 aromatic carbocycles. The van der Waals surface area contributed by atoms with Crippen molar-refractivity contribution in [2.75, 3.05) is 6.61 Å². The molecule has 4 nitrogen and oxygen atoms in total. The maximum atomic E-state index is 12.9. The van der Waals surface area contributed by atoms with Crippen LogP contribution in [0.4, 0.5) is 0 Å². The molecule has 0 aliphatic rings. The molecule has 0 aliphatic carbocycles. The van der Waals surface area contributed by atoms with Gasteiger partial charge in [-0.1, -0.05) is 48.5 Å². The Bertz CT molecular complexity index is 1030. The Morgan fingerprint density at radius 1 is 0.923 bits per heavy atom. The Hall–Kier alpha value is -3.27. The first-order valence-electron chi connectivity index (χ1n) is 8.75. The van der Waals surface area contributed by atoms with Gasteiger partial charge in [0.15, 0.2) is 5.69 Å². The third-order valence-corrected chi connectivity index (χ3v) is 4.46. The van der Waals surface area contributed by atoms with Gasteiger partial charge in [0.05, 0.1) is 17.8 Å². The SMILES string of the molecule is CCOC(=O)c1c(-n2cccc2)c2ccccc2n1Cc1ccccc1. The number of rotatable bonds is 5. The standard InChI is InChI=1S/C22H20N2O2/c1-2-26-22(25)21-20(23-14-8-9-15-23)18-12-6-7-13-19(18)24(21)16-17-10-4-3-5-11-17/h3-15H,2,16H2,1H3. The Morgan fingerprint density at radius 2 is 1.62 bits per heavy atom. The van der Waals surface area contributed by atoms with Gasteiger partial charge in [-0.2, -0.15) is 0 Å². The number of carbonyl (C=O) groups is 1. The number of ether oxygens (including phenoxy) is 1. The van der Waals surface area contributed by atoms with E-state index in [0.29, 0.717) is 18.8 Å². The summed E-state index contributed by atoms with van der Waals surface area (Å²) in [7, 11) is 0. The molecule has 26 heavy (non-hydrogen) atoms. The first-order chi connectivity index (χ1) is 12.8. The second-order valence-corrected chi connectivity index (χ2v) is 6.10. The van der Waals surface area contributed by atoms with Crippen molar-refractivity contribution in [1.29, 1.82) is 0 Å². The lowest BCUT2D eigenvalue weighted by Gasteiger charge is -2.12. The summed E-state index contributed by atoms with van der Waals surface area (Å²) in [6.45, 7) is 2.78. The van der Waals surface area contributed by atoms with E-state index >= 15 is 0 Å². The number of para-hydroxylation sites is 1. The third kappa shape index (κ3) is 2.80. The van der Waals surface area contributed by atoms with Gasteiger partial charge in [0.2, 0.25) is 0 Å². The van der Waals surface area contributed by atoms with Crippen molar-refractivity contribution in [3.8, 4) is 5.69 Å². The zero-order valence-electron chi connectivity index (χ0n) is 14.6. The van der Waals surface area contributed by atoms with Crippen LogP contribution in [-0.2, 0) is 11.3 Å². The number of carbonyl (C=O) groups excluding carboxylic acids is 1. The van der Waals surface area contributed by atoms with Crippen molar-refractivity contribution in [2.24, 2.45) is 0 Å². The van der Waals surface area contributed by atoms with Crippen molar-refractivity contribution in [1.82, 2.24) is 9.13 Å². The second-order valence-electron chi connectivity index (χ2n) is 6.10. The van der Waals surface area contributed by atoms with Crippen molar-refractivity contribution in [2.45, 2.75) is 13.5 Å². The molecule has 0 unspecified atom stereocenters. The molecule has 0 saturated heterocycles. The lowest BCUT2D eigenvalue weighted by atomic mass is 10.2. The molecule has 2 aromatic heterocycles. The van der Waals surface area contributed by atoms with E-state index < -0.39 is 0 Å². The number of fused-ring (bicyclic) bond motifs is 1. The van der Waals surface area contributed by atoms with Crippen LogP contribution in [0, 0.1) is 0 Å². The summed E-state index contributed by atoms with van der Waals surface area (Å²) < 4.78 is 9.44. The number of benzene rings is 2. The molecule has 2 heterocycles. The maximum absolute atomic E-state index is 12.9. The Kier molecular flexibility index (Phi) is 4.32. The smallest absolute Gasteiger partial charge is 0.357 e. The van der Waals surface area contributed by atoms with Crippen molar-refractivity contribution in [3.63, 3.8) is 0 Å². The molecule has 0 amide bonds. The summed E-state index contributed by atoms with van der Waals surface area (Å²) in [4.78, 5) is 12.9. The molecule has 0 radical (unpaired) electrons. The van der Waals surface area contributed by atoms with Crippen LogP contribution in [-0.4, -0.2) is 21.7 Å². The summed E-state index contributed by atoms with van der Waals surface area (Å²) in [6.07, 6.45) is 3.91. The Morgan fingerprint density at radius 3 is 2.35 bits per heavy atom. The van der Waals surface area contributed by atoms with Gasteiger partial charge in [0.25, 0.3) is 0 Å². The van der Waals surface area contributed by atoms with E-state index in [0.717, 1.165) is 22.2 Å². The van der Waals surface area contributed by atoms with E-state index in [1.807, 2.05) is 72.4 Å². The topological polar surface area (TPSA) is 36.2 Å². The maximum Gasteiger partial charge on any atom is 0.357 e. The first-order valence-corrected chi connectivity index (χ1v) is 8.75. The lowest BCUT2D eigenvalue weighted by Crippen LogP contribution is -2.15. The van der Waals surface area contributed by atoms with Crippen LogP contribution in [0.25, 0.3) is 16.6 Å². The second kappa shape index (κ2) is 6.92. The number of aromatic nitrogens is 2. The molecular formula is C22H20N2O2. The largest absolute Gasteiger partial charge is 0.461 e. The predicted octanol–water partition coefficient (Wildman–Crippen LogP) is 4.66. The van der Waals surface area contributed by atoms with E-state index in [-0.39, 0.29) is 5.97 Å². The van der Waals surface area contributed by atoms with Crippen LogP contribution < -0.4 is 0 Å². The molecule has 0 N–H and O–H groups in total. The highest BCUT2D eigenvalue weighted by molar-refractivity contribution is 6.03. The summed E-state index contributed by atoms with van der Waals surface area (Å²) in [5.41, 5.74) is 3.59. The molecule has 0 bridgehead atoms. The minimum absolute atomic E-state index is 0.302. The van der Waals surface area contributed by atoms with E-state index in [2.05, 4.69) is 22.8 Å². The Labute approximate surface area is 152 Å². The number of hydrogen-bond donors (Lipinski definition) is 0. The third-order valence-electron chi connectivity index (χ3n) is 4.46. The van der Waals surface area contributed by atoms with E-state index in [1.54, 1.807) is 0 Å². The highest BCUT2D eigenvalue weighted by Crippen LogP contribution is 2.31. The number of esters is 1. The molecular weight excluding hydrogens is 324 g/mol. The fraction of sp³-hybridized carbons (Fsp3) is 0.136. The summed E-state index contributed by atoms with van der Waals surface area (Å²) in [6, 6.07) is 22.2. The Balaban J connectivity index is 1.99. The van der Waals surface area contributed by atoms with Crippen LogP contribution in [0.3, 0.4) is 0 Å². The zero-order chi connectivity index (χ0) is 17.9. The lowest BCUT2D eigenvalue weighted by molar-refractivity contribution is 0.0515. The molecule has 0 aliphatic heterocycles. The van der Waals surface area contributed by atoms with Gasteiger partial charge in [0, 0.05) is 24.3 Å². The summed E-state index contributed by atoms with van der Waals surface area (Å²) in [5, 5.41) is 1.03. The molecule has 0 atom stereocenters. The number of nitrogens with zero attached hydrogens (tertiary/aromatic N) is 2. The summed E-state index contributed by atoms with van der Waals surface area (Å²) in [5.74, 6) is -0.302. The highest BCUT2D eigenvalue weighted by Gasteiger charge is 2.24. The van der Waals surface area contributed by atoms with Gasteiger partial charge in [-0.15, -0.1) is 0 Å². The van der Waals surface area contributed by atoms with Gasteiger partial charge < -0.3 is 13.9 Å². The quantitative estimate of drug-likeness (QED) is 0.494. The fourth-order valence-corrected chi connectivity index (χ4v) is 3.37. The summed E-state index contributed by atoms with van der Waals surface area (Å²) >= 11 is 0. The first kappa shape index (κ1) is 16.2. The number of hydrogen-bond acceptors (Lipinski definition) is 2. The molecule has 4 aromatic rings. The van der Waals surface area contributed by atoms with E-state index in [1.165, 1.54) is 0 Å². The zero-order valence-corrected chi connectivity index (χ0v) is 14.6. The van der Waals surface area contributed by atoms with Crippen molar-refractivity contribution < 1.29 is 9.53 Å². The van der Waals surface area contributed by atoms with Gasteiger partial charge in [-0.3, -0.25) is 0 Å². The van der Waals surface area contributed by atoms with Crippen LogP contribution in [0.5, 0.6) is 0 Å². The van der Waals surface area contributed by atoms with Gasteiger partial charge in [0.1, 0.15) is 0 Å². The molecule has 0 saturated carbocycles. The van der Waals surface area contributed by atoms with Crippen LogP contribution in [0.2, 0.25) is 0 Å². The van der Waals surface area contributed by atoms with Crippen molar-refractivity contribution in [3.05, 3.63) is 90.4 Å². The van der Waals surface area contributed by atoms with Gasteiger partial charge >= 0.3 is 5.97 Å². The monoisotopic (exact) mass is 344 g/mol. The average molecular weight is 344 g/mol. The van der Waals surface area contributed by atoms with E-state index in [9.17, 15) is 4.79 Å². The van der Waals surface area contributed by atoms with Gasteiger partial charge in [-0.25, -0.2) is 4.79 Å². The van der Waals surface area contributed by atoms with E-state index in [4.69, 9.17) is 4.74 Å². The minimum Gasteiger partial charge on any atom is -0.461 e. The van der Waals surface area contributed by atoms with Crippen LogP contribution in [0.1, 0.15) is 23.0 Å². The molecule has 130 valence electrons. The molecule has 4 heteroatoms. The fourth-order valence-electron chi connectivity index (χ4n) is 3.37. The van der Waals surface area contributed by atoms with Gasteiger partial charge in [-0.05, 0) is 30.7 Å².